The van der Waals surface area contributed by atoms with Gasteiger partial charge in [0.15, 0.2) is 6.61 Å². The molecule has 0 spiro atoms. The molecule has 0 bridgehead atoms. The van der Waals surface area contributed by atoms with Gasteiger partial charge in [0.25, 0.3) is 5.91 Å². The zero-order valence-corrected chi connectivity index (χ0v) is 17.1. The fourth-order valence-electron chi connectivity index (χ4n) is 2.90. The van der Waals surface area contributed by atoms with Crippen molar-refractivity contribution in [1.29, 1.82) is 0 Å². The van der Waals surface area contributed by atoms with Gasteiger partial charge >= 0.3 is 0 Å². The van der Waals surface area contributed by atoms with Crippen molar-refractivity contribution in [3.8, 4) is 11.4 Å². The number of rotatable bonds is 9. The molecule has 0 saturated carbocycles. The average molecular weight is 406 g/mol. The largest absolute Gasteiger partial charge is 0.484 e. The number of amides is 2. The van der Waals surface area contributed by atoms with Crippen LogP contribution in [0, 0.1) is 5.92 Å². The number of carbonyl (C=O) groups is 2. The van der Waals surface area contributed by atoms with Crippen LogP contribution in [0.2, 0.25) is 0 Å². The van der Waals surface area contributed by atoms with E-state index in [1.807, 2.05) is 68.6 Å². The number of hydrogen-bond donors (Lipinski definition) is 2. The molecule has 2 N–H and O–H groups in total. The summed E-state index contributed by atoms with van der Waals surface area (Å²) in [5, 5.41) is 9.85. The molecule has 1 unspecified atom stereocenters. The number of nitrogens with one attached hydrogen (secondary N) is 2. The third-order valence-corrected chi connectivity index (χ3v) is 4.55. The lowest BCUT2D eigenvalue weighted by Gasteiger charge is -2.22. The maximum Gasteiger partial charge on any atom is 0.258 e. The molecule has 7 heteroatoms. The van der Waals surface area contributed by atoms with E-state index in [2.05, 4.69) is 15.7 Å². The molecule has 156 valence electrons. The summed E-state index contributed by atoms with van der Waals surface area (Å²) in [7, 11) is 0. The molecule has 7 nitrogen and oxygen atoms in total. The minimum Gasteiger partial charge on any atom is -0.484 e. The molecule has 0 aliphatic rings. The van der Waals surface area contributed by atoms with Gasteiger partial charge in [-0.1, -0.05) is 44.2 Å². The Morgan fingerprint density at radius 2 is 1.77 bits per heavy atom. The Balaban J connectivity index is 1.50. The van der Waals surface area contributed by atoms with Crippen molar-refractivity contribution in [3.05, 3.63) is 78.6 Å². The lowest BCUT2D eigenvalue weighted by molar-refractivity contribution is -0.131. The van der Waals surface area contributed by atoms with Crippen LogP contribution >= 0.6 is 0 Å². The van der Waals surface area contributed by atoms with Gasteiger partial charge in [-0.2, -0.15) is 5.10 Å². The van der Waals surface area contributed by atoms with Crippen LogP contribution in [-0.2, 0) is 16.1 Å². The lowest BCUT2D eigenvalue weighted by Crippen LogP contribution is -2.50. The van der Waals surface area contributed by atoms with E-state index in [9.17, 15) is 9.59 Å². The van der Waals surface area contributed by atoms with E-state index in [0.717, 1.165) is 11.3 Å². The van der Waals surface area contributed by atoms with Gasteiger partial charge in [-0.15, -0.1) is 0 Å². The Bertz CT molecular complexity index is 938. The molecule has 1 aromatic heterocycles. The van der Waals surface area contributed by atoms with Crippen LogP contribution in [0.5, 0.6) is 5.75 Å². The highest BCUT2D eigenvalue weighted by Crippen LogP contribution is 2.10. The van der Waals surface area contributed by atoms with E-state index < -0.39 is 6.04 Å². The monoisotopic (exact) mass is 406 g/mol. The highest BCUT2D eigenvalue weighted by Gasteiger charge is 2.24. The maximum atomic E-state index is 12.6. The molecule has 0 saturated heterocycles. The van der Waals surface area contributed by atoms with Gasteiger partial charge in [0.1, 0.15) is 11.8 Å². The van der Waals surface area contributed by atoms with Crippen LogP contribution in [0.3, 0.4) is 0 Å². The molecule has 0 aliphatic heterocycles. The topological polar surface area (TPSA) is 85.2 Å². The van der Waals surface area contributed by atoms with Crippen molar-refractivity contribution in [2.45, 2.75) is 26.4 Å². The van der Waals surface area contributed by atoms with Gasteiger partial charge in [0, 0.05) is 18.9 Å². The molecule has 3 rings (SSSR count). The fourth-order valence-corrected chi connectivity index (χ4v) is 2.90. The summed E-state index contributed by atoms with van der Waals surface area (Å²) >= 11 is 0. The standard InChI is InChI=1S/C23H26N4O3/c1-17(2)22(26-21(28)16-30-20-7-4-3-5-8-20)23(29)24-15-18-9-11-19(12-10-18)27-14-6-13-25-27/h3-14,17,22H,15-16H2,1-2H3,(H,24,29)(H,26,28). The first-order chi connectivity index (χ1) is 14.5. The van der Waals surface area contributed by atoms with E-state index in [-0.39, 0.29) is 24.3 Å². The molecule has 1 heterocycles. The van der Waals surface area contributed by atoms with Gasteiger partial charge in [0.2, 0.25) is 5.91 Å². The van der Waals surface area contributed by atoms with Crippen molar-refractivity contribution < 1.29 is 14.3 Å². The Morgan fingerprint density at radius 1 is 1.03 bits per heavy atom. The Kier molecular flexibility index (Phi) is 7.21. The zero-order valence-electron chi connectivity index (χ0n) is 17.1. The molecule has 2 aromatic carbocycles. The number of ether oxygens (including phenoxy) is 1. The van der Waals surface area contributed by atoms with E-state index in [4.69, 9.17) is 4.74 Å². The number of para-hydroxylation sites is 1. The van der Waals surface area contributed by atoms with Crippen LogP contribution in [0.4, 0.5) is 0 Å². The predicted octanol–water partition coefficient (Wildman–Crippen LogP) is 2.71. The number of benzene rings is 2. The first-order valence-electron chi connectivity index (χ1n) is 9.87. The summed E-state index contributed by atoms with van der Waals surface area (Å²) in [6.07, 6.45) is 3.59. The minimum atomic E-state index is -0.639. The number of nitrogens with zero attached hydrogens (tertiary/aromatic N) is 2. The Hall–Kier alpha value is -3.61. The highest BCUT2D eigenvalue weighted by atomic mass is 16.5. The third-order valence-electron chi connectivity index (χ3n) is 4.55. The van der Waals surface area contributed by atoms with E-state index in [1.165, 1.54) is 0 Å². The van der Waals surface area contributed by atoms with Gasteiger partial charge in [-0.25, -0.2) is 4.68 Å². The SMILES string of the molecule is CC(C)C(NC(=O)COc1ccccc1)C(=O)NCc1ccc(-n2cccn2)cc1. The lowest BCUT2D eigenvalue weighted by atomic mass is 10.0. The molecular weight excluding hydrogens is 380 g/mol. The molecule has 2 amide bonds. The summed E-state index contributed by atoms with van der Waals surface area (Å²) in [5.74, 6) is -0.0184. The van der Waals surface area contributed by atoms with Crippen LogP contribution in [-0.4, -0.2) is 34.2 Å². The van der Waals surface area contributed by atoms with Crippen molar-refractivity contribution in [2.75, 3.05) is 6.61 Å². The molecule has 3 aromatic rings. The second kappa shape index (κ2) is 10.2. The minimum absolute atomic E-state index is 0.0622. The normalized spacial score (nSPS) is 11.7. The maximum absolute atomic E-state index is 12.6. The van der Waals surface area contributed by atoms with Crippen molar-refractivity contribution in [1.82, 2.24) is 20.4 Å². The van der Waals surface area contributed by atoms with Crippen LogP contribution in [0.25, 0.3) is 5.69 Å². The second-order valence-electron chi connectivity index (χ2n) is 7.23. The zero-order chi connectivity index (χ0) is 21.3. The highest BCUT2D eigenvalue weighted by molar-refractivity contribution is 5.88. The molecule has 0 fully saturated rings. The fraction of sp³-hybridized carbons (Fsp3) is 0.261. The number of aromatic nitrogens is 2. The summed E-state index contributed by atoms with van der Waals surface area (Å²) in [6, 6.07) is 18.1. The van der Waals surface area contributed by atoms with Crippen molar-refractivity contribution in [3.63, 3.8) is 0 Å². The summed E-state index contributed by atoms with van der Waals surface area (Å²) < 4.78 is 7.22. The Morgan fingerprint density at radius 3 is 2.40 bits per heavy atom. The average Bonchev–Trinajstić information content (AvgIpc) is 3.30. The summed E-state index contributed by atoms with van der Waals surface area (Å²) in [5.41, 5.74) is 1.90. The van der Waals surface area contributed by atoms with Gasteiger partial charge in [-0.05, 0) is 41.8 Å². The van der Waals surface area contributed by atoms with Crippen LogP contribution < -0.4 is 15.4 Å². The van der Waals surface area contributed by atoms with E-state index >= 15 is 0 Å². The van der Waals surface area contributed by atoms with Crippen molar-refractivity contribution in [2.24, 2.45) is 5.92 Å². The van der Waals surface area contributed by atoms with E-state index in [0.29, 0.717) is 12.3 Å². The predicted molar refractivity (Wildman–Crippen MR) is 114 cm³/mol. The van der Waals surface area contributed by atoms with Gasteiger partial charge in [-0.3, -0.25) is 9.59 Å². The number of carbonyl (C=O) groups excluding carboxylic acids is 2. The third kappa shape index (κ3) is 5.94. The van der Waals surface area contributed by atoms with Crippen LogP contribution in [0.15, 0.2) is 73.1 Å². The van der Waals surface area contributed by atoms with E-state index in [1.54, 1.807) is 23.0 Å². The second-order valence-corrected chi connectivity index (χ2v) is 7.23. The van der Waals surface area contributed by atoms with Crippen LogP contribution in [0.1, 0.15) is 19.4 Å². The molecule has 1 atom stereocenters. The molecule has 0 aliphatic carbocycles. The first-order valence-corrected chi connectivity index (χ1v) is 9.87. The van der Waals surface area contributed by atoms with Gasteiger partial charge in [0.05, 0.1) is 5.69 Å². The Labute approximate surface area is 176 Å². The first kappa shape index (κ1) is 21.1. The molecule has 0 radical (unpaired) electrons. The van der Waals surface area contributed by atoms with Crippen molar-refractivity contribution >= 4 is 11.8 Å². The smallest absolute Gasteiger partial charge is 0.258 e. The van der Waals surface area contributed by atoms with Gasteiger partial charge < -0.3 is 15.4 Å². The quantitative estimate of drug-likeness (QED) is 0.572. The summed E-state index contributed by atoms with van der Waals surface area (Å²) in [4.78, 5) is 24.9. The number of hydrogen-bond acceptors (Lipinski definition) is 4. The summed E-state index contributed by atoms with van der Waals surface area (Å²) in [6.45, 7) is 4.01. The molecule has 30 heavy (non-hydrogen) atoms. The molecular formula is C23H26N4O3.